The largest absolute Gasteiger partial charge is 0.492 e. The van der Waals surface area contributed by atoms with Crippen LogP contribution in [0.5, 0.6) is 5.75 Å². The van der Waals surface area contributed by atoms with Gasteiger partial charge in [-0.25, -0.2) is 4.79 Å². The Hall–Kier alpha value is -2.93. The van der Waals surface area contributed by atoms with Crippen LogP contribution in [0.15, 0.2) is 65.0 Å². The number of hydrogen-bond acceptors (Lipinski definition) is 5. The number of ether oxygens (including phenoxy) is 1. The molecular weight excluding hydrogens is 360 g/mol. The van der Waals surface area contributed by atoms with Crippen LogP contribution in [0.3, 0.4) is 0 Å². The Morgan fingerprint density at radius 3 is 2.78 bits per heavy atom. The second-order valence-corrected chi connectivity index (χ2v) is 6.89. The maximum atomic E-state index is 12.0. The highest BCUT2D eigenvalue weighted by Gasteiger charge is 2.26. The van der Waals surface area contributed by atoms with E-state index >= 15 is 0 Å². The zero-order chi connectivity index (χ0) is 18.5. The van der Waals surface area contributed by atoms with E-state index in [1.807, 2.05) is 54.6 Å². The molecule has 2 amide bonds. The first-order valence-electron chi connectivity index (χ1n) is 8.81. The molecule has 2 aromatic rings. The molecule has 7 heteroatoms. The quantitative estimate of drug-likeness (QED) is 0.752. The summed E-state index contributed by atoms with van der Waals surface area (Å²) in [6, 6.07) is 17.1. The average molecular weight is 380 g/mol. The van der Waals surface area contributed by atoms with E-state index in [9.17, 15) is 4.79 Å². The molecule has 2 aliphatic rings. The SMILES string of the molecule is O=C(NCCOc1ccccc1)Nc1ccc(C2=CSC3=NCCN23)cc1. The van der Waals surface area contributed by atoms with Gasteiger partial charge in [-0.05, 0) is 29.8 Å². The molecule has 0 aliphatic carbocycles. The Kier molecular flexibility index (Phi) is 5.29. The predicted octanol–water partition coefficient (Wildman–Crippen LogP) is 3.60. The molecular formula is C20H20N4O2S. The summed E-state index contributed by atoms with van der Waals surface area (Å²) >= 11 is 1.66. The third kappa shape index (κ3) is 4.25. The minimum atomic E-state index is -0.246. The number of hydrogen-bond donors (Lipinski definition) is 2. The Labute approximate surface area is 162 Å². The third-order valence-electron chi connectivity index (χ3n) is 4.21. The molecule has 2 N–H and O–H groups in total. The zero-order valence-corrected chi connectivity index (χ0v) is 15.5. The highest BCUT2D eigenvalue weighted by Crippen LogP contribution is 2.35. The van der Waals surface area contributed by atoms with Gasteiger partial charge >= 0.3 is 6.03 Å². The monoisotopic (exact) mass is 380 g/mol. The maximum Gasteiger partial charge on any atom is 0.319 e. The molecule has 27 heavy (non-hydrogen) atoms. The Morgan fingerprint density at radius 1 is 1.15 bits per heavy atom. The highest BCUT2D eigenvalue weighted by atomic mass is 32.2. The van der Waals surface area contributed by atoms with Gasteiger partial charge in [0.05, 0.1) is 18.8 Å². The first-order chi connectivity index (χ1) is 13.3. The van der Waals surface area contributed by atoms with E-state index in [2.05, 4.69) is 25.9 Å². The predicted molar refractivity (Wildman–Crippen MR) is 110 cm³/mol. The average Bonchev–Trinajstić information content (AvgIpc) is 3.31. The van der Waals surface area contributed by atoms with E-state index in [1.54, 1.807) is 11.8 Å². The zero-order valence-electron chi connectivity index (χ0n) is 14.7. The van der Waals surface area contributed by atoms with E-state index < -0.39 is 0 Å². The fourth-order valence-corrected chi connectivity index (χ4v) is 3.86. The molecule has 0 bridgehead atoms. The van der Waals surface area contributed by atoms with Gasteiger partial charge in [-0.15, -0.1) is 0 Å². The number of nitrogens with one attached hydrogen (secondary N) is 2. The molecule has 4 rings (SSSR count). The number of carbonyl (C=O) groups is 1. The molecule has 138 valence electrons. The van der Waals surface area contributed by atoms with Crippen LogP contribution in [0.2, 0.25) is 0 Å². The molecule has 0 unspecified atom stereocenters. The summed E-state index contributed by atoms with van der Waals surface area (Å²) in [5.74, 6) is 0.792. The fourth-order valence-electron chi connectivity index (χ4n) is 2.90. The number of thioether (sulfide) groups is 1. The lowest BCUT2D eigenvalue weighted by Crippen LogP contribution is -2.32. The van der Waals surface area contributed by atoms with E-state index in [4.69, 9.17) is 4.74 Å². The summed E-state index contributed by atoms with van der Waals surface area (Å²) in [6.07, 6.45) is 0. The molecule has 0 aromatic heterocycles. The number of amidine groups is 1. The Balaban J connectivity index is 1.24. The first-order valence-corrected chi connectivity index (χ1v) is 9.69. The number of amides is 2. The maximum absolute atomic E-state index is 12.0. The lowest BCUT2D eigenvalue weighted by atomic mass is 10.1. The van der Waals surface area contributed by atoms with E-state index in [0.29, 0.717) is 13.2 Å². The van der Waals surface area contributed by atoms with Crippen molar-refractivity contribution in [3.8, 4) is 5.75 Å². The van der Waals surface area contributed by atoms with Crippen molar-refractivity contribution in [2.75, 3.05) is 31.6 Å². The molecule has 0 atom stereocenters. The molecule has 0 fully saturated rings. The molecule has 2 aromatic carbocycles. The Morgan fingerprint density at radius 2 is 1.96 bits per heavy atom. The van der Waals surface area contributed by atoms with Gasteiger partial charge in [-0.1, -0.05) is 42.1 Å². The van der Waals surface area contributed by atoms with Crippen molar-refractivity contribution in [1.82, 2.24) is 10.2 Å². The van der Waals surface area contributed by atoms with Crippen molar-refractivity contribution in [2.24, 2.45) is 4.99 Å². The minimum absolute atomic E-state index is 0.246. The van der Waals surface area contributed by atoms with Gasteiger partial charge in [0.15, 0.2) is 5.17 Å². The van der Waals surface area contributed by atoms with Gasteiger partial charge in [0, 0.05) is 17.6 Å². The second-order valence-electron chi connectivity index (χ2n) is 6.06. The highest BCUT2D eigenvalue weighted by molar-refractivity contribution is 8.16. The number of nitrogens with zero attached hydrogens (tertiary/aromatic N) is 2. The van der Waals surface area contributed by atoms with Gasteiger partial charge in [-0.2, -0.15) is 0 Å². The van der Waals surface area contributed by atoms with Crippen molar-refractivity contribution in [3.63, 3.8) is 0 Å². The lowest BCUT2D eigenvalue weighted by Gasteiger charge is -2.17. The Bertz CT molecular complexity index is 865. The van der Waals surface area contributed by atoms with Crippen LogP contribution in [-0.4, -0.2) is 42.3 Å². The molecule has 2 aliphatic heterocycles. The van der Waals surface area contributed by atoms with Crippen LogP contribution in [0.1, 0.15) is 5.56 Å². The van der Waals surface area contributed by atoms with Gasteiger partial charge in [0.1, 0.15) is 12.4 Å². The van der Waals surface area contributed by atoms with Crippen LogP contribution in [-0.2, 0) is 0 Å². The number of benzene rings is 2. The van der Waals surface area contributed by atoms with Gasteiger partial charge in [0.2, 0.25) is 0 Å². The summed E-state index contributed by atoms with van der Waals surface area (Å²) in [4.78, 5) is 18.7. The number of fused-ring (bicyclic) bond motifs is 1. The van der Waals surface area contributed by atoms with Crippen LogP contribution in [0, 0.1) is 0 Å². The molecule has 0 radical (unpaired) electrons. The smallest absolute Gasteiger partial charge is 0.319 e. The first kappa shape index (κ1) is 17.5. The number of urea groups is 1. The standard InChI is InChI=1S/C20H20N4O2S/c25-19(21-11-13-26-17-4-2-1-3-5-17)23-16-8-6-15(7-9-16)18-14-27-20-22-10-12-24(18)20/h1-9,14H,10-13H2,(H2,21,23,25). The third-order valence-corrected chi connectivity index (χ3v) is 5.11. The van der Waals surface area contributed by atoms with Crippen molar-refractivity contribution >= 4 is 34.3 Å². The summed E-state index contributed by atoms with van der Waals surface area (Å²) in [5, 5.41) is 8.82. The topological polar surface area (TPSA) is 66.0 Å². The number of anilines is 1. The lowest BCUT2D eigenvalue weighted by molar-refractivity contribution is 0.247. The van der Waals surface area contributed by atoms with Crippen LogP contribution in [0.4, 0.5) is 10.5 Å². The van der Waals surface area contributed by atoms with Gasteiger partial charge < -0.3 is 20.3 Å². The van der Waals surface area contributed by atoms with E-state index in [1.165, 1.54) is 5.70 Å². The van der Waals surface area contributed by atoms with Crippen molar-refractivity contribution in [1.29, 1.82) is 0 Å². The molecule has 0 saturated carbocycles. The second kappa shape index (κ2) is 8.18. The fraction of sp³-hybridized carbons (Fsp3) is 0.200. The van der Waals surface area contributed by atoms with Gasteiger partial charge in [0.25, 0.3) is 0 Å². The van der Waals surface area contributed by atoms with Crippen molar-refractivity contribution in [2.45, 2.75) is 0 Å². The van der Waals surface area contributed by atoms with E-state index in [-0.39, 0.29) is 6.03 Å². The van der Waals surface area contributed by atoms with Crippen molar-refractivity contribution < 1.29 is 9.53 Å². The summed E-state index contributed by atoms with van der Waals surface area (Å²) < 4.78 is 5.55. The minimum Gasteiger partial charge on any atom is -0.492 e. The molecule has 0 saturated heterocycles. The van der Waals surface area contributed by atoms with Crippen LogP contribution < -0.4 is 15.4 Å². The number of aliphatic imine (C=N–C) groups is 1. The number of para-hydroxylation sites is 1. The normalized spacial score (nSPS) is 15.0. The van der Waals surface area contributed by atoms with Crippen LogP contribution in [0.25, 0.3) is 5.70 Å². The number of carbonyl (C=O) groups excluding carboxylic acids is 1. The summed E-state index contributed by atoms with van der Waals surface area (Å²) in [6.45, 7) is 2.64. The van der Waals surface area contributed by atoms with Crippen molar-refractivity contribution in [3.05, 3.63) is 65.6 Å². The molecule has 6 nitrogen and oxygen atoms in total. The summed E-state index contributed by atoms with van der Waals surface area (Å²) in [5.41, 5.74) is 3.05. The number of rotatable bonds is 6. The van der Waals surface area contributed by atoms with Gasteiger partial charge in [-0.3, -0.25) is 4.99 Å². The summed E-state index contributed by atoms with van der Waals surface area (Å²) in [7, 11) is 0. The van der Waals surface area contributed by atoms with Crippen LogP contribution >= 0.6 is 11.8 Å². The molecule has 2 heterocycles. The molecule has 0 spiro atoms. The van der Waals surface area contributed by atoms with E-state index in [0.717, 1.165) is 35.3 Å².